The second-order valence-corrected chi connectivity index (χ2v) is 5.10. The Bertz CT molecular complexity index is 495. The molecule has 2 N–H and O–H groups in total. The molecule has 0 aromatic carbocycles. The first kappa shape index (κ1) is 13.6. The number of carboxylic acid groups (broad SMARTS) is 1. The highest BCUT2D eigenvalue weighted by Gasteiger charge is 2.39. The number of rotatable bonds is 3. The number of likely N-dealkylation sites (tertiary alicyclic amines) is 1. The highest BCUT2D eigenvalue weighted by molar-refractivity contribution is 5.95. The van der Waals surface area contributed by atoms with Gasteiger partial charge in [-0.3, -0.25) is 4.79 Å². The van der Waals surface area contributed by atoms with Crippen molar-refractivity contribution >= 4 is 11.9 Å². The summed E-state index contributed by atoms with van der Waals surface area (Å²) in [7, 11) is 0. The lowest BCUT2D eigenvalue weighted by Crippen LogP contribution is -2.41. The number of carboxylic acids is 1. The van der Waals surface area contributed by atoms with Crippen molar-refractivity contribution in [3.63, 3.8) is 0 Å². The van der Waals surface area contributed by atoms with E-state index >= 15 is 0 Å². The lowest BCUT2D eigenvalue weighted by atomic mass is 10.2. The van der Waals surface area contributed by atoms with E-state index in [-0.39, 0.29) is 24.9 Å². The van der Waals surface area contributed by atoms with E-state index in [4.69, 9.17) is 5.11 Å². The third kappa shape index (κ3) is 2.49. The molecule has 1 aromatic rings. The Balaban J connectivity index is 2.28. The molecule has 0 unspecified atom stereocenters. The van der Waals surface area contributed by atoms with Gasteiger partial charge in [0.2, 0.25) is 0 Å². The first-order valence-electron chi connectivity index (χ1n) is 6.30. The molecule has 1 saturated heterocycles. The average molecular weight is 266 g/mol. The van der Waals surface area contributed by atoms with Crippen LogP contribution in [0.4, 0.5) is 0 Å². The van der Waals surface area contributed by atoms with Crippen molar-refractivity contribution in [2.75, 3.05) is 6.54 Å². The molecule has 1 fully saturated rings. The van der Waals surface area contributed by atoms with E-state index in [1.165, 1.54) is 4.90 Å². The Morgan fingerprint density at radius 1 is 1.42 bits per heavy atom. The monoisotopic (exact) mass is 266 g/mol. The molecule has 1 aliphatic rings. The van der Waals surface area contributed by atoms with Crippen LogP contribution >= 0.6 is 0 Å². The molecule has 1 amide bonds. The highest BCUT2D eigenvalue weighted by atomic mass is 16.4. The highest BCUT2D eigenvalue weighted by Crippen LogP contribution is 2.22. The van der Waals surface area contributed by atoms with E-state index in [2.05, 4.69) is 0 Å². The minimum atomic E-state index is -1.08. The van der Waals surface area contributed by atoms with Crippen LogP contribution in [-0.2, 0) is 4.79 Å². The van der Waals surface area contributed by atoms with Crippen LogP contribution in [0.5, 0.6) is 0 Å². The average Bonchev–Trinajstić information content (AvgIpc) is 2.93. The second kappa shape index (κ2) is 5.05. The zero-order valence-electron chi connectivity index (χ0n) is 11.0. The summed E-state index contributed by atoms with van der Waals surface area (Å²) < 4.78 is 1.80. The van der Waals surface area contributed by atoms with Crippen molar-refractivity contribution in [3.05, 3.63) is 24.0 Å². The van der Waals surface area contributed by atoms with Crippen molar-refractivity contribution in [2.45, 2.75) is 38.5 Å². The van der Waals surface area contributed by atoms with Crippen molar-refractivity contribution in [2.24, 2.45) is 0 Å². The molecule has 0 aliphatic carbocycles. The van der Waals surface area contributed by atoms with Gasteiger partial charge in [0.05, 0.1) is 6.10 Å². The quantitative estimate of drug-likeness (QED) is 0.845. The van der Waals surface area contributed by atoms with E-state index in [0.717, 1.165) is 0 Å². The Hall–Kier alpha value is -1.82. The van der Waals surface area contributed by atoms with Crippen LogP contribution in [0.1, 0.15) is 36.8 Å². The molecule has 0 radical (unpaired) electrons. The van der Waals surface area contributed by atoms with Crippen LogP contribution in [-0.4, -0.2) is 50.2 Å². The second-order valence-electron chi connectivity index (χ2n) is 5.10. The van der Waals surface area contributed by atoms with Gasteiger partial charge >= 0.3 is 5.97 Å². The molecule has 1 aromatic heterocycles. The number of nitrogens with zero attached hydrogens (tertiary/aromatic N) is 2. The number of aliphatic carboxylic acids is 1. The molecule has 2 rings (SSSR count). The summed E-state index contributed by atoms with van der Waals surface area (Å²) >= 11 is 0. The minimum Gasteiger partial charge on any atom is -0.480 e. The van der Waals surface area contributed by atoms with Gasteiger partial charge in [0.15, 0.2) is 0 Å². The largest absolute Gasteiger partial charge is 0.480 e. The fourth-order valence-corrected chi connectivity index (χ4v) is 2.44. The van der Waals surface area contributed by atoms with Gasteiger partial charge in [-0.05, 0) is 26.0 Å². The molecule has 0 spiro atoms. The van der Waals surface area contributed by atoms with Crippen molar-refractivity contribution in [1.29, 1.82) is 0 Å². The SMILES string of the molecule is CC(C)n1cccc1C(=O)N1C[C@@H](O)C[C@H]1C(=O)O. The zero-order chi connectivity index (χ0) is 14.2. The predicted octanol–water partition coefficient (Wildman–Crippen LogP) is 0.729. The Kier molecular flexibility index (Phi) is 3.61. The molecule has 0 saturated carbocycles. The summed E-state index contributed by atoms with van der Waals surface area (Å²) in [5.74, 6) is -1.42. The summed E-state index contributed by atoms with van der Waals surface area (Å²) in [6.07, 6.45) is 1.11. The molecule has 0 bridgehead atoms. The minimum absolute atomic E-state index is 0.0685. The maximum atomic E-state index is 12.4. The molecule has 2 atom stereocenters. The maximum Gasteiger partial charge on any atom is 0.326 e. The summed E-state index contributed by atoms with van der Waals surface area (Å²) in [6.45, 7) is 3.97. The number of hydrogen-bond donors (Lipinski definition) is 2. The Morgan fingerprint density at radius 2 is 2.11 bits per heavy atom. The Morgan fingerprint density at radius 3 is 2.68 bits per heavy atom. The lowest BCUT2D eigenvalue weighted by molar-refractivity contribution is -0.141. The van der Waals surface area contributed by atoms with E-state index in [0.29, 0.717) is 5.69 Å². The van der Waals surface area contributed by atoms with Gasteiger partial charge < -0.3 is 19.7 Å². The van der Waals surface area contributed by atoms with Crippen LogP contribution in [0, 0.1) is 0 Å². The first-order chi connectivity index (χ1) is 8.91. The van der Waals surface area contributed by atoms with Crippen LogP contribution in [0.3, 0.4) is 0 Å². The number of aliphatic hydroxyl groups excluding tert-OH is 1. The van der Waals surface area contributed by atoms with Gasteiger partial charge in [0, 0.05) is 25.2 Å². The standard InChI is InChI=1S/C13H18N2O4/c1-8(2)14-5-3-4-10(14)12(17)15-7-9(16)6-11(15)13(18)19/h3-5,8-9,11,16H,6-7H2,1-2H3,(H,18,19)/t9-,11-/m0/s1. The first-order valence-corrected chi connectivity index (χ1v) is 6.30. The summed E-state index contributed by atoms with van der Waals surface area (Å²) in [4.78, 5) is 24.8. The molecule has 6 nitrogen and oxygen atoms in total. The third-order valence-electron chi connectivity index (χ3n) is 3.38. The van der Waals surface area contributed by atoms with E-state index in [1.54, 1.807) is 22.9 Å². The van der Waals surface area contributed by atoms with Crippen molar-refractivity contribution < 1.29 is 19.8 Å². The van der Waals surface area contributed by atoms with Crippen LogP contribution in [0.25, 0.3) is 0 Å². The summed E-state index contributed by atoms with van der Waals surface area (Å²) in [6, 6.07) is 2.60. The summed E-state index contributed by atoms with van der Waals surface area (Å²) in [5.41, 5.74) is 0.454. The van der Waals surface area contributed by atoms with Crippen molar-refractivity contribution in [3.8, 4) is 0 Å². The van der Waals surface area contributed by atoms with Crippen molar-refractivity contribution in [1.82, 2.24) is 9.47 Å². The van der Waals surface area contributed by atoms with E-state index < -0.39 is 18.1 Å². The molecular weight excluding hydrogens is 248 g/mol. The molecule has 19 heavy (non-hydrogen) atoms. The molecule has 104 valence electrons. The van der Waals surface area contributed by atoms with Gasteiger partial charge in [-0.25, -0.2) is 4.79 Å². The van der Waals surface area contributed by atoms with Gasteiger partial charge in [-0.1, -0.05) is 0 Å². The van der Waals surface area contributed by atoms with Gasteiger partial charge in [-0.15, -0.1) is 0 Å². The molecule has 2 heterocycles. The van der Waals surface area contributed by atoms with E-state index in [1.807, 2.05) is 13.8 Å². The van der Waals surface area contributed by atoms with Gasteiger partial charge in [0.1, 0.15) is 11.7 Å². The number of aromatic nitrogens is 1. The number of carbonyl (C=O) groups is 2. The molecular formula is C13H18N2O4. The fourth-order valence-electron chi connectivity index (χ4n) is 2.44. The smallest absolute Gasteiger partial charge is 0.326 e. The number of amides is 1. The number of β-amino-alcohol motifs (C(OH)–C–C–N with tert-alkyl or cyclic N) is 1. The van der Waals surface area contributed by atoms with Crippen LogP contribution in [0.15, 0.2) is 18.3 Å². The van der Waals surface area contributed by atoms with Gasteiger partial charge in [-0.2, -0.15) is 0 Å². The molecule has 6 heteroatoms. The van der Waals surface area contributed by atoms with Crippen LogP contribution in [0.2, 0.25) is 0 Å². The normalized spacial score (nSPS) is 23.1. The number of hydrogen-bond acceptors (Lipinski definition) is 3. The fraction of sp³-hybridized carbons (Fsp3) is 0.538. The topological polar surface area (TPSA) is 82.8 Å². The summed E-state index contributed by atoms with van der Waals surface area (Å²) in [5, 5.41) is 18.7. The van der Waals surface area contributed by atoms with Gasteiger partial charge in [0.25, 0.3) is 5.91 Å². The molecule has 1 aliphatic heterocycles. The van der Waals surface area contributed by atoms with E-state index in [9.17, 15) is 14.7 Å². The van der Waals surface area contributed by atoms with Crippen LogP contribution < -0.4 is 0 Å². The maximum absolute atomic E-state index is 12.4. The predicted molar refractivity (Wildman–Crippen MR) is 67.9 cm³/mol. The Labute approximate surface area is 111 Å². The number of carbonyl (C=O) groups excluding carboxylic acids is 1. The lowest BCUT2D eigenvalue weighted by Gasteiger charge is -2.22. The zero-order valence-corrected chi connectivity index (χ0v) is 11.0. The third-order valence-corrected chi connectivity index (χ3v) is 3.38. The number of aliphatic hydroxyl groups is 1.